The van der Waals surface area contributed by atoms with Crippen molar-refractivity contribution in [2.24, 2.45) is 5.41 Å². The Bertz CT molecular complexity index is 629. The minimum Gasteiger partial charge on any atom is -0.466 e. The van der Waals surface area contributed by atoms with Crippen LogP contribution in [-0.4, -0.2) is 39.4 Å². The molecule has 1 rings (SSSR count). The van der Waals surface area contributed by atoms with Crippen LogP contribution in [0.2, 0.25) is 0 Å². The largest absolute Gasteiger partial charge is 0.466 e. The molecule has 0 bridgehead atoms. The van der Waals surface area contributed by atoms with E-state index in [0.717, 1.165) is 6.08 Å². The average molecular weight is 358 g/mol. The minimum atomic E-state index is -3.58. The fraction of sp³-hybridized carbons (Fsp3) is 0.500. The molecule has 1 aliphatic heterocycles. The van der Waals surface area contributed by atoms with Crippen LogP contribution in [-0.2, 0) is 32.7 Å². The third-order valence-electron chi connectivity index (χ3n) is 3.18. The zero-order valence-corrected chi connectivity index (χ0v) is 15.5. The lowest BCUT2D eigenvalue weighted by Crippen LogP contribution is -2.29. The first kappa shape index (κ1) is 20.4. The molecule has 0 aliphatic carbocycles. The molecule has 1 heterocycles. The molecule has 0 aromatic heterocycles. The van der Waals surface area contributed by atoms with Crippen molar-refractivity contribution in [2.45, 2.75) is 20.8 Å². The molecule has 1 aliphatic rings. The van der Waals surface area contributed by atoms with Gasteiger partial charge in [-0.3, -0.25) is 4.57 Å². The van der Waals surface area contributed by atoms with E-state index in [1.165, 1.54) is 20.0 Å². The van der Waals surface area contributed by atoms with Gasteiger partial charge in [-0.05, 0) is 18.1 Å². The molecular formula is C16H23O7P. The number of carbonyl (C=O) groups is 2. The highest BCUT2D eigenvalue weighted by Gasteiger charge is 2.36. The van der Waals surface area contributed by atoms with Crippen LogP contribution >= 0.6 is 7.60 Å². The minimum absolute atomic E-state index is 0.135. The van der Waals surface area contributed by atoms with Gasteiger partial charge in [-0.15, -0.1) is 0 Å². The van der Waals surface area contributed by atoms with Crippen molar-refractivity contribution in [1.82, 2.24) is 0 Å². The lowest BCUT2D eigenvalue weighted by atomic mass is 9.97. The van der Waals surface area contributed by atoms with E-state index in [0.29, 0.717) is 5.57 Å². The van der Waals surface area contributed by atoms with Gasteiger partial charge in [-0.2, -0.15) is 0 Å². The predicted octanol–water partition coefficient (Wildman–Crippen LogP) is 2.98. The quantitative estimate of drug-likeness (QED) is 0.323. The van der Waals surface area contributed by atoms with Crippen LogP contribution in [0.1, 0.15) is 20.8 Å². The smallest absolute Gasteiger partial charge is 0.354 e. The van der Waals surface area contributed by atoms with E-state index in [1.54, 1.807) is 6.92 Å². The number of hydrogen-bond acceptors (Lipinski definition) is 7. The Hall–Kier alpha value is -1.69. The maximum absolute atomic E-state index is 12.7. The molecule has 134 valence electrons. The van der Waals surface area contributed by atoms with Gasteiger partial charge in [0.1, 0.15) is 0 Å². The van der Waals surface area contributed by atoms with Gasteiger partial charge in [0.2, 0.25) is 0 Å². The number of allylic oxidation sites excluding steroid dienone is 1. The third kappa shape index (κ3) is 5.44. The number of esters is 2. The van der Waals surface area contributed by atoms with E-state index < -0.39 is 19.5 Å². The molecule has 1 saturated heterocycles. The van der Waals surface area contributed by atoms with Gasteiger partial charge < -0.3 is 18.5 Å². The topological polar surface area (TPSA) is 88.1 Å². The van der Waals surface area contributed by atoms with E-state index in [2.05, 4.69) is 16.1 Å². The monoisotopic (exact) mass is 358 g/mol. The molecule has 0 unspecified atom stereocenters. The summed E-state index contributed by atoms with van der Waals surface area (Å²) in [6.45, 7) is 9.64. The van der Waals surface area contributed by atoms with Crippen LogP contribution < -0.4 is 0 Å². The summed E-state index contributed by atoms with van der Waals surface area (Å²) >= 11 is 0. The zero-order chi connectivity index (χ0) is 18.5. The molecule has 0 amide bonds. The fourth-order valence-electron chi connectivity index (χ4n) is 1.78. The summed E-state index contributed by atoms with van der Waals surface area (Å²) in [5.41, 5.74) is 0.139. The Morgan fingerprint density at radius 2 is 1.67 bits per heavy atom. The van der Waals surface area contributed by atoms with Gasteiger partial charge in [-0.1, -0.05) is 20.4 Å². The van der Waals surface area contributed by atoms with Crippen molar-refractivity contribution >= 4 is 19.5 Å². The maximum Gasteiger partial charge on any atom is 0.354 e. The lowest BCUT2D eigenvalue weighted by Gasteiger charge is -2.33. The number of ether oxygens (including phenoxy) is 2. The third-order valence-corrected chi connectivity index (χ3v) is 4.73. The summed E-state index contributed by atoms with van der Waals surface area (Å²) in [6, 6.07) is 0. The number of rotatable bonds is 5. The van der Waals surface area contributed by atoms with E-state index in [4.69, 9.17) is 9.05 Å². The van der Waals surface area contributed by atoms with Crippen LogP contribution in [0.3, 0.4) is 0 Å². The second-order valence-corrected chi connectivity index (χ2v) is 8.00. The van der Waals surface area contributed by atoms with Gasteiger partial charge in [0.15, 0.2) is 0 Å². The zero-order valence-electron chi connectivity index (χ0n) is 14.6. The second kappa shape index (κ2) is 7.92. The maximum atomic E-state index is 12.7. The van der Waals surface area contributed by atoms with Gasteiger partial charge in [-0.25, -0.2) is 9.59 Å². The van der Waals surface area contributed by atoms with Crippen molar-refractivity contribution in [2.75, 3.05) is 27.4 Å². The molecular weight excluding hydrogens is 335 g/mol. The summed E-state index contributed by atoms with van der Waals surface area (Å²) in [5, 5.41) is 0. The predicted molar refractivity (Wildman–Crippen MR) is 88.3 cm³/mol. The molecule has 0 N–H and O–H groups in total. The van der Waals surface area contributed by atoms with Gasteiger partial charge >= 0.3 is 19.5 Å². The number of hydrogen-bond donors (Lipinski definition) is 0. The molecule has 7 nitrogen and oxygen atoms in total. The van der Waals surface area contributed by atoms with Crippen molar-refractivity contribution in [3.8, 4) is 0 Å². The van der Waals surface area contributed by atoms with Crippen molar-refractivity contribution in [3.05, 3.63) is 35.2 Å². The summed E-state index contributed by atoms with van der Waals surface area (Å²) in [4.78, 5) is 23.5. The molecule has 0 saturated carbocycles. The first-order valence-electron chi connectivity index (χ1n) is 7.19. The standard InChI is InChI=1S/C16H23O7P/c1-11(2)13(12(15(18)21-6)7-14(17)20-5)8-24(19)22-9-16(3,4)10-23-24/h7-8H,1,9-10H2,2-6H3/b12-7-,13-8+. The van der Waals surface area contributed by atoms with Crippen LogP contribution in [0.4, 0.5) is 0 Å². The number of methoxy groups -OCH3 is 2. The van der Waals surface area contributed by atoms with Crippen LogP contribution in [0, 0.1) is 5.41 Å². The Labute approximate surface area is 141 Å². The van der Waals surface area contributed by atoms with Gasteiger partial charge in [0, 0.05) is 17.3 Å². The van der Waals surface area contributed by atoms with Gasteiger partial charge in [0.05, 0.1) is 33.0 Å². The van der Waals surface area contributed by atoms with E-state index >= 15 is 0 Å². The Morgan fingerprint density at radius 1 is 1.12 bits per heavy atom. The fourth-order valence-corrected chi connectivity index (χ4v) is 3.74. The van der Waals surface area contributed by atoms with Crippen molar-refractivity contribution < 1.29 is 32.7 Å². The first-order chi connectivity index (χ1) is 11.0. The van der Waals surface area contributed by atoms with Gasteiger partial charge in [0.25, 0.3) is 0 Å². The van der Waals surface area contributed by atoms with E-state index in [1.807, 2.05) is 13.8 Å². The highest BCUT2D eigenvalue weighted by atomic mass is 31.2. The Kier molecular flexibility index (Phi) is 6.72. The normalized spacial score (nSPS) is 20.2. The SMILES string of the molecule is C=C(C)C(=C\P1(=O)OCC(C)(C)CO1)/C(=C/C(=O)OC)C(=O)OC. The highest BCUT2D eigenvalue weighted by molar-refractivity contribution is 7.57. The molecule has 0 aromatic rings. The first-order valence-corrected chi connectivity index (χ1v) is 8.80. The Morgan fingerprint density at radius 3 is 2.08 bits per heavy atom. The van der Waals surface area contributed by atoms with Crippen molar-refractivity contribution in [1.29, 1.82) is 0 Å². The Balaban J connectivity index is 3.31. The summed E-state index contributed by atoms with van der Waals surface area (Å²) in [6.07, 6.45) is 0.951. The molecule has 1 fully saturated rings. The average Bonchev–Trinajstić information content (AvgIpc) is 2.53. The number of carbonyl (C=O) groups excluding carboxylic acids is 2. The molecule has 0 aromatic carbocycles. The summed E-state index contributed by atoms with van der Waals surface area (Å²) in [5.74, 6) is -0.359. The molecule has 0 atom stereocenters. The van der Waals surface area contributed by atoms with Crippen LogP contribution in [0.15, 0.2) is 35.2 Å². The molecule has 8 heteroatoms. The highest BCUT2D eigenvalue weighted by Crippen LogP contribution is 2.56. The second-order valence-electron chi connectivity index (χ2n) is 6.15. The molecule has 0 radical (unpaired) electrons. The summed E-state index contributed by atoms with van der Waals surface area (Å²) < 4.78 is 32.7. The molecule has 0 spiro atoms. The summed E-state index contributed by atoms with van der Waals surface area (Å²) in [7, 11) is -1.24. The van der Waals surface area contributed by atoms with Crippen molar-refractivity contribution in [3.63, 3.8) is 0 Å². The van der Waals surface area contributed by atoms with E-state index in [-0.39, 0.29) is 29.8 Å². The lowest BCUT2D eigenvalue weighted by molar-refractivity contribution is -0.138. The van der Waals surface area contributed by atoms with E-state index in [9.17, 15) is 14.2 Å². The van der Waals surface area contributed by atoms with Crippen LogP contribution in [0.5, 0.6) is 0 Å². The van der Waals surface area contributed by atoms with Crippen LogP contribution in [0.25, 0.3) is 0 Å². The molecule has 24 heavy (non-hydrogen) atoms.